The molecule has 110 valence electrons. The summed E-state index contributed by atoms with van der Waals surface area (Å²) in [4.78, 5) is 18.7. The standard InChI is InChI=1S/C16H18BrN3O/c1-2-20(13-6-7-13)15(21)10-18-14-5-3-4-11-8-12(17)9-19-16(11)14/h3-5,8-9,13,18H,2,6-7,10H2,1H3. The van der Waals surface area contributed by atoms with Crippen molar-refractivity contribution >= 4 is 38.4 Å². The van der Waals surface area contributed by atoms with Crippen LogP contribution in [-0.4, -0.2) is 34.9 Å². The molecule has 1 saturated carbocycles. The SMILES string of the molecule is CCN(C(=O)CNc1cccc2cc(Br)cnc12)C1CC1. The van der Waals surface area contributed by atoms with Crippen molar-refractivity contribution in [2.45, 2.75) is 25.8 Å². The lowest BCUT2D eigenvalue weighted by molar-refractivity contribution is -0.129. The summed E-state index contributed by atoms with van der Waals surface area (Å²) in [5.74, 6) is 0.161. The molecule has 1 aliphatic rings. The summed E-state index contributed by atoms with van der Waals surface area (Å²) in [7, 11) is 0. The van der Waals surface area contributed by atoms with Crippen LogP contribution in [0, 0.1) is 0 Å². The molecule has 0 spiro atoms. The molecular formula is C16H18BrN3O. The normalized spacial score (nSPS) is 14.2. The van der Waals surface area contributed by atoms with Gasteiger partial charge >= 0.3 is 0 Å². The Morgan fingerprint density at radius 2 is 2.29 bits per heavy atom. The lowest BCUT2D eigenvalue weighted by atomic mass is 10.2. The Morgan fingerprint density at radius 3 is 3.00 bits per heavy atom. The molecule has 1 aromatic carbocycles. The van der Waals surface area contributed by atoms with E-state index in [0.29, 0.717) is 12.6 Å². The summed E-state index contributed by atoms with van der Waals surface area (Å²) in [6.45, 7) is 3.14. The molecule has 1 aromatic heterocycles. The number of halogens is 1. The van der Waals surface area contributed by atoms with E-state index in [4.69, 9.17) is 0 Å². The molecule has 0 aliphatic heterocycles. The molecule has 1 heterocycles. The van der Waals surface area contributed by atoms with Gasteiger partial charge in [-0.2, -0.15) is 0 Å². The number of nitrogens with one attached hydrogen (secondary N) is 1. The summed E-state index contributed by atoms with van der Waals surface area (Å²) in [6.07, 6.45) is 4.06. The van der Waals surface area contributed by atoms with E-state index < -0.39 is 0 Å². The second-order valence-electron chi connectivity index (χ2n) is 5.30. The first-order valence-electron chi connectivity index (χ1n) is 7.26. The van der Waals surface area contributed by atoms with Crippen molar-refractivity contribution in [2.75, 3.05) is 18.4 Å². The molecule has 5 heteroatoms. The van der Waals surface area contributed by atoms with Crippen molar-refractivity contribution in [1.82, 2.24) is 9.88 Å². The third kappa shape index (κ3) is 3.18. The zero-order valence-electron chi connectivity index (χ0n) is 12.0. The van der Waals surface area contributed by atoms with Gasteiger partial charge in [0.15, 0.2) is 0 Å². The van der Waals surface area contributed by atoms with Crippen molar-refractivity contribution in [1.29, 1.82) is 0 Å². The highest BCUT2D eigenvalue weighted by Crippen LogP contribution is 2.27. The first kappa shape index (κ1) is 14.3. The fourth-order valence-electron chi connectivity index (χ4n) is 2.57. The summed E-state index contributed by atoms with van der Waals surface area (Å²) in [5, 5.41) is 4.29. The Kier molecular flexibility index (Phi) is 4.10. The monoisotopic (exact) mass is 347 g/mol. The zero-order chi connectivity index (χ0) is 14.8. The maximum atomic E-state index is 12.3. The van der Waals surface area contributed by atoms with Crippen molar-refractivity contribution in [3.8, 4) is 0 Å². The highest BCUT2D eigenvalue weighted by atomic mass is 79.9. The molecule has 2 aromatic rings. The third-order valence-electron chi connectivity index (χ3n) is 3.76. The quantitative estimate of drug-likeness (QED) is 0.901. The Balaban J connectivity index is 1.74. The number of nitrogens with zero attached hydrogens (tertiary/aromatic N) is 2. The predicted molar refractivity (Wildman–Crippen MR) is 88.3 cm³/mol. The highest BCUT2D eigenvalue weighted by molar-refractivity contribution is 9.10. The molecule has 4 nitrogen and oxygen atoms in total. The topological polar surface area (TPSA) is 45.2 Å². The Hall–Kier alpha value is -1.62. The lowest BCUT2D eigenvalue weighted by Gasteiger charge is -2.21. The number of carbonyl (C=O) groups excluding carboxylic acids is 1. The fraction of sp³-hybridized carbons (Fsp3) is 0.375. The van der Waals surface area contributed by atoms with Crippen molar-refractivity contribution in [3.63, 3.8) is 0 Å². The van der Waals surface area contributed by atoms with Crippen LogP contribution in [0.15, 0.2) is 34.9 Å². The van der Waals surface area contributed by atoms with E-state index in [1.165, 1.54) is 0 Å². The number of likely N-dealkylation sites (N-methyl/N-ethyl adjacent to an activating group) is 1. The van der Waals surface area contributed by atoms with E-state index in [0.717, 1.165) is 40.4 Å². The number of hydrogen-bond acceptors (Lipinski definition) is 3. The Morgan fingerprint density at radius 1 is 1.48 bits per heavy atom. The van der Waals surface area contributed by atoms with Crippen LogP contribution in [0.2, 0.25) is 0 Å². The fourth-order valence-corrected chi connectivity index (χ4v) is 2.92. The molecule has 0 bridgehead atoms. The van der Waals surface area contributed by atoms with E-state index in [9.17, 15) is 4.79 Å². The van der Waals surface area contributed by atoms with Crippen LogP contribution < -0.4 is 5.32 Å². The van der Waals surface area contributed by atoms with E-state index in [2.05, 4.69) is 26.2 Å². The first-order valence-corrected chi connectivity index (χ1v) is 8.06. The first-order chi connectivity index (χ1) is 10.2. The summed E-state index contributed by atoms with van der Waals surface area (Å²) in [6, 6.07) is 8.44. The largest absolute Gasteiger partial charge is 0.374 e. The number of aromatic nitrogens is 1. The maximum absolute atomic E-state index is 12.3. The molecule has 1 aliphatic carbocycles. The van der Waals surface area contributed by atoms with Gasteiger partial charge in [-0.15, -0.1) is 0 Å². The molecule has 0 saturated heterocycles. The molecule has 1 N–H and O–H groups in total. The van der Waals surface area contributed by atoms with Gasteiger partial charge in [-0.25, -0.2) is 0 Å². The van der Waals surface area contributed by atoms with E-state index >= 15 is 0 Å². The maximum Gasteiger partial charge on any atom is 0.242 e. The number of rotatable bonds is 5. The molecule has 0 atom stereocenters. The van der Waals surface area contributed by atoms with Crippen LogP contribution >= 0.6 is 15.9 Å². The Bertz CT molecular complexity index is 670. The number of carbonyl (C=O) groups is 1. The summed E-state index contributed by atoms with van der Waals surface area (Å²) in [5.41, 5.74) is 1.79. The number of hydrogen-bond donors (Lipinski definition) is 1. The van der Waals surface area contributed by atoms with E-state index in [1.54, 1.807) is 6.20 Å². The van der Waals surface area contributed by atoms with Crippen molar-refractivity contribution in [3.05, 3.63) is 34.9 Å². The molecule has 0 radical (unpaired) electrons. The Labute approximate surface area is 132 Å². The van der Waals surface area contributed by atoms with Gasteiger partial charge in [0.05, 0.1) is 17.7 Å². The number of amides is 1. The number of para-hydroxylation sites is 1. The average Bonchev–Trinajstić information content (AvgIpc) is 3.30. The molecule has 3 rings (SSSR count). The van der Waals surface area contributed by atoms with Gasteiger partial charge < -0.3 is 10.2 Å². The van der Waals surface area contributed by atoms with Crippen molar-refractivity contribution < 1.29 is 4.79 Å². The van der Waals surface area contributed by atoms with Crippen LogP contribution in [0.1, 0.15) is 19.8 Å². The van der Waals surface area contributed by atoms with Gasteiger partial charge in [-0.3, -0.25) is 9.78 Å². The minimum Gasteiger partial charge on any atom is -0.374 e. The lowest BCUT2D eigenvalue weighted by Crippen LogP contribution is -2.37. The predicted octanol–water partition coefficient (Wildman–Crippen LogP) is 3.42. The number of benzene rings is 1. The molecule has 1 fully saturated rings. The van der Waals surface area contributed by atoms with Crippen LogP contribution in [0.4, 0.5) is 5.69 Å². The zero-order valence-corrected chi connectivity index (χ0v) is 13.6. The smallest absolute Gasteiger partial charge is 0.242 e. The van der Waals surface area contributed by atoms with Gasteiger partial charge in [0.1, 0.15) is 0 Å². The van der Waals surface area contributed by atoms with Gasteiger partial charge in [-0.1, -0.05) is 12.1 Å². The van der Waals surface area contributed by atoms with Crippen LogP contribution in [0.3, 0.4) is 0 Å². The van der Waals surface area contributed by atoms with Gasteiger partial charge in [0.25, 0.3) is 0 Å². The number of pyridine rings is 1. The summed E-state index contributed by atoms with van der Waals surface area (Å²) >= 11 is 3.43. The van der Waals surface area contributed by atoms with Crippen LogP contribution in [-0.2, 0) is 4.79 Å². The second-order valence-corrected chi connectivity index (χ2v) is 6.21. The second kappa shape index (κ2) is 6.02. The van der Waals surface area contributed by atoms with E-state index in [1.807, 2.05) is 36.1 Å². The van der Waals surface area contributed by atoms with Crippen molar-refractivity contribution in [2.24, 2.45) is 0 Å². The summed E-state index contributed by atoms with van der Waals surface area (Å²) < 4.78 is 0.953. The molecule has 21 heavy (non-hydrogen) atoms. The molecular weight excluding hydrogens is 330 g/mol. The van der Waals surface area contributed by atoms with Crippen LogP contribution in [0.5, 0.6) is 0 Å². The number of fused-ring (bicyclic) bond motifs is 1. The van der Waals surface area contributed by atoms with Crippen LogP contribution in [0.25, 0.3) is 10.9 Å². The molecule has 0 unspecified atom stereocenters. The number of anilines is 1. The average molecular weight is 348 g/mol. The third-order valence-corrected chi connectivity index (χ3v) is 4.19. The minimum absolute atomic E-state index is 0.161. The molecule has 1 amide bonds. The highest BCUT2D eigenvalue weighted by Gasteiger charge is 2.30. The van der Waals surface area contributed by atoms with Gasteiger partial charge in [0.2, 0.25) is 5.91 Å². The minimum atomic E-state index is 0.161. The van der Waals surface area contributed by atoms with Gasteiger partial charge in [-0.05, 0) is 47.8 Å². The van der Waals surface area contributed by atoms with E-state index in [-0.39, 0.29) is 5.91 Å². The van der Waals surface area contributed by atoms with Gasteiger partial charge in [0, 0.05) is 28.6 Å².